The number of sulfonamides is 1. The first-order valence-corrected chi connectivity index (χ1v) is 16.2. The molecule has 230 valence electrons. The van der Waals surface area contributed by atoms with Gasteiger partial charge in [-0.05, 0) is 36.6 Å². The van der Waals surface area contributed by atoms with Crippen molar-refractivity contribution < 1.29 is 31.9 Å². The van der Waals surface area contributed by atoms with Crippen LogP contribution in [0.25, 0.3) is 0 Å². The number of rotatable bonds is 15. The molecule has 2 amide bonds. The SMILES string of the molecule is CCCCNC(=O)C(Cc1ccccc1)N(Cc1ccccc1F)C(=O)CCCN(c1ccc2c(c1)OCO2)S(C)(=O)=O. The Balaban J connectivity index is 1.57. The molecule has 3 aromatic rings. The fraction of sp³-hybridized carbons (Fsp3) is 0.375. The molecule has 1 aliphatic rings. The Bertz CT molecular complexity index is 1500. The van der Waals surface area contributed by atoms with Crippen LogP contribution >= 0.6 is 0 Å². The lowest BCUT2D eigenvalue weighted by molar-refractivity contribution is -0.141. The number of fused-ring (bicyclic) bond motifs is 1. The van der Waals surface area contributed by atoms with E-state index < -0.39 is 21.9 Å². The normalized spacial score (nSPS) is 12.9. The minimum absolute atomic E-state index is 0.0177. The molecule has 1 unspecified atom stereocenters. The second-order valence-electron chi connectivity index (χ2n) is 10.4. The second kappa shape index (κ2) is 14.9. The van der Waals surface area contributed by atoms with E-state index in [1.54, 1.807) is 36.4 Å². The third-order valence-corrected chi connectivity index (χ3v) is 8.39. The maximum absolute atomic E-state index is 14.8. The van der Waals surface area contributed by atoms with Crippen molar-refractivity contribution in [1.82, 2.24) is 10.2 Å². The van der Waals surface area contributed by atoms with Gasteiger partial charge in [-0.15, -0.1) is 0 Å². The molecule has 0 spiro atoms. The van der Waals surface area contributed by atoms with Gasteiger partial charge in [-0.2, -0.15) is 0 Å². The number of hydrogen-bond donors (Lipinski definition) is 1. The van der Waals surface area contributed by atoms with Crippen LogP contribution < -0.4 is 19.1 Å². The first kappa shape index (κ1) is 31.8. The van der Waals surface area contributed by atoms with Gasteiger partial charge < -0.3 is 19.7 Å². The molecule has 1 heterocycles. The number of carbonyl (C=O) groups excluding carboxylic acids is 2. The van der Waals surface area contributed by atoms with E-state index in [2.05, 4.69) is 5.32 Å². The highest BCUT2D eigenvalue weighted by atomic mass is 32.2. The zero-order valence-corrected chi connectivity index (χ0v) is 25.3. The summed E-state index contributed by atoms with van der Waals surface area (Å²) < 4.78 is 52.2. The minimum Gasteiger partial charge on any atom is -0.454 e. The minimum atomic E-state index is -3.69. The summed E-state index contributed by atoms with van der Waals surface area (Å²) in [6.07, 6.45) is 3.13. The molecule has 0 bridgehead atoms. The van der Waals surface area contributed by atoms with Gasteiger partial charge in [-0.25, -0.2) is 12.8 Å². The number of ether oxygens (including phenoxy) is 2. The van der Waals surface area contributed by atoms with E-state index in [4.69, 9.17) is 9.47 Å². The van der Waals surface area contributed by atoms with Gasteiger partial charge in [0.2, 0.25) is 28.6 Å². The molecule has 4 rings (SSSR count). The maximum atomic E-state index is 14.8. The highest BCUT2D eigenvalue weighted by molar-refractivity contribution is 7.92. The van der Waals surface area contributed by atoms with Crippen LogP contribution in [0.15, 0.2) is 72.8 Å². The first-order chi connectivity index (χ1) is 20.7. The Hall–Kier alpha value is -4.12. The van der Waals surface area contributed by atoms with Crippen LogP contribution in [0.5, 0.6) is 11.5 Å². The number of amides is 2. The van der Waals surface area contributed by atoms with Crippen molar-refractivity contribution in [3.63, 3.8) is 0 Å². The Kier molecular flexibility index (Phi) is 11.0. The van der Waals surface area contributed by atoms with Crippen molar-refractivity contribution in [2.24, 2.45) is 0 Å². The van der Waals surface area contributed by atoms with Gasteiger partial charge in [0.05, 0.1) is 11.9 Å². The van der Waals surface area contributed by atoms with E-state index in [9.17, 15) is 22.4 Å². The van der Waals surface area contributed by atoms with E-state index in [0.717, 1.165) is 24.7 Å². The van der Waals surface area contributed by atoms with Crippen LogP contribution in [-0.4, -0.2) is 57.3 Å². The van der Waals surface area contributed by atoms with E-state index in [0.29, 0.717) is 23.7 Å². The molecule has 43 heavy (non-hydrogen) atoms. The van der Waals surface area contributed by atoms with Gasteiger partial charge >= 0.3 is 0 Å². The maximum Gasteiger partial charge on any atom is 0.243 e. The van der Waals surface area contributed by atoms with Gasteiger partial charge in [-0.3, -0.25) is 13.9 Å². The van der Waals surface area contributed by atoms with Crippen LogP contribution in [0.2, 0.25) is 0 Å². The Labute approximate surface area is 252 Å². The number of halogens is 1. The lowest BCUT2D eigenvalue weighted by Crippen LogP contribution is -2.50. The molecule has 0 saturated heterocycles. The Morgan fingerprint density at radius 3 is 2.42 bits per heavy atom. The average molecular weight is 612 g/mol. The van der Waals surface area contributed by atoms with Crippen molar-refractivity contribution in [2.75, 3.05) is 30.4 Å². The van der Waals surface area contributed by atoms with Crippen molar-refractivity contribution in [3.8, 4) is 11.5 Å². The lowest BCUT2D eigenvalue weighted by atomic mass is 10.0. The second-order valence-corrected chi connectivity index (χ2v) is 12.3. The highest BCUT2D eigenvalue weighted by Gasteiger charge is 2.31. The smallest absolute Gasteiger partial charge is 0.243 e. The van der Waals surface area contributed by atoms with Crippen LogP contribution in [0, 0.1) is 5.82 Å². The molecule has 0 saturated carbocycles. The van der Waals surface area contributed by atoms with Crippen LogP contribution in [0.1, 0.15) is 43.7 Å². The average Bonchev–Trinajstić information content (AvgIpc) is 3.46. The summed E-state index contributed by atoms with van der Waals surface area (Å²) >= 11 is 0. The third-order valence-electron chi connectivity index (χ3n) is 7.20. The van der Waals surface area contributed by atoms with E-state index in [1.165, 1.54) is 15.3 Å². The third kappa shape index (κ3) is 8.70. The van der Waals surface area contributed by atoms with E-state index in [1.807, 2.05) is 37.3 Å². The number of anilines is 1. The molecule has 1 aliphatic heterocycles. The number of unbranched alkanes of at least 4 members (excludes halogenated alkanes) is 1. The Morgan fingerprint density at radius 2 is 1.70 bits per heavy atom. The van der Waals surface area contributed by atoms with Crippen molar-refractivity contribution >= 4 is 27.5 Å². The van der Waals surface area contributed by atoms with Gasteiger partial charge in [-0.1, -0.05) is 61.9 Å². The van der Waals surface area contributed by atoms with Crippen molar-refractivity contribution in [1.29, 1.82) is 0 Å². The van der Waals surface area contributed by atoms with Gasteiger partial charge in [0.25, 0.3) is 0 Å². The molecule has 9 nitrogen and oxygen atoms in total. The van der Waals surface area contributed by atoms with Gasteiger partial charge in [0.15, 0.2) is 11.5 Å². The fourth-order valence-electron chi connectivity index (χ4n) is 4.91. The molecule has 11 heteroatoms. The predicted molar refractivity (Wildman–Crippen MR) is 163 cm³/mol. The zero-order chi connectivity index (χ0) is 30.8. The monoisotopic (exact) mass is 611 g/mol. The summed E-state index contributed by atoms with van der Waals surface area (Å²) in [4.78, 5) is 28.8. The van der Waals surface area contributed by atoms with Crippen LogP contribution in [0.3, 0.4) is 0 Å². The summed E-state index contributed by atoms with van der Waals surface area (Å²) in [5.74, 6) is -0.209. The van der Waals surface area contributed by atoms with Crippen LogP contribution in [-0.2, 0) is 32.6 Å². The molecule has 0 radical (unpaired) electrons. The van der Waals surface area contributed by atoms with Gasteiger partial charge in [0, 0.05) is 44.1 Å². The molecule has 0 aliphatic carbocycles. The first-order valence-electron chi connectivity index (χ1n) is 14.4. The predicted octanol–water partition coefficient (Wildman–Crippen LogP) is 4.66. The molecule has 3 aromatic carbocycles. The number of hydrogen-bond acceptors (Lipinski definition) is 6. The number of carbonyl (C=O) groups is 2. The summed E-state index contributed by atoms with van der Waals surface area (Å²) in [7, 11) is -3.69. The van der Waals surface area contributed by atoms with Crippen molar-refractivity contribution in [3.05, 3.63) is 89.7 Å². The largest absolute Gasteiger partial charge is 0.454 e. The Morgan fingerprint density at radius 1 is 0.977 bits per heavy atom. The van der Waals surface area contributed by atoms with Crippen molar-refractivity contribution in [2.45, 2.75) is 51.6 Å². The molecule has 1 atom stereocenters. The zero-order valence-electron chi connectivity index (χ0n) is 24.5. The van der Waals surface area contributed by atoms with Crippen LogP contribution in [0.4, 0.5) is 10.1 Å². The fourth-order valence-corrected chi connectivity index (χ4v) is 5.87. The molecule has 0 fully saturated rings. The number of nitrogens with one attached hydrogen (secondary N) is 1. The molecule has 0 aromatic heterocycles. The summed E-state index contributed by atoms with van der Waals surface area (Å²) in [6.45, 7) is 2.44. The summed E-state index contributed by atoms with van der Waals surface area (Å²) in [5.41, 5.74) is 1.53. The molecular formula is C32H38FN3O6S. The quantitative estimate of drug-likeness (QED) is 0.251. The topological polar surface area (TPSA) is 105 Å². The lowest BCUT2D eigenvalue weighted by Gasteiger charge is -2.32. The van der Waals surface area contributed by atoms with Gasteiger partial charge in [0.1, 0.15) is 11.9 Å². The number of benzene rings is 3. The standard InChI is InChI=1S/C32H38FN3O6S/c1-3-4-18-34-32(38)28(20-24-11-6-5-7-12-24)35(22-25-13-8-9-14-27(25)33)31(37)15-10-19-36(43(2,39)40)26-16-17-29-30(21-26)42-23-41-29/h5-9,11-14,16-17,21,28H,3-4,10,15,18-20,22-23H2,1-2H3,(H,34,38). The summed E-state index contributed by atoms with van der Waals surface area (Å²) in [5, 5.41) is 2.94. The summed E-state index contributed by atoms with van der Waals surface area (Å²) in [6, 6.07) is 19.5. The number of nitrogens with zero attached hydrogens (tertiary/aromatic N) is 2. The van der Waals surface area contributed by atoms with E-state index >= 15 is 0 Å². The molecular weight excluding hydrogens is 573 g/mol. The van der Waals surface area contributed by atoms with E-state index in [-0.39, 0.29) is 56.5 Å². The highest BCUT2D eigenvalue weighted by Crippen LogP contribution is 2.36. The molecule has 1 N–H and O–H groups in total.